The van der Waals surface area contributed by atoms with Gasteiger partial charge < -0.3 is 57.1 Å². The summed E-state index contributed by atoms with van der Waals surface area (Å²) < 4.78 is 54.9. The third kappa shape index (κ3) is 38.9. The van der Waals surface area contributed by atoms with Crippen molar-refractivity contribution in [1.29, 1.82) is 0 Å². The zero-order valence-electron chi connectivity index (χ0n) is 63.6. The quantitative estimate of drug-likeness (QED) is 0.00504. The number of terminal acetylenes is 1. The average molecular weight is 1600 g/mol. The van der Waals surface area contributed by atoms with Crippen LogP contribution in [0, 0.1) is 24.2 Å². The highest BCUT2D eigenvalue weighted by atomic mass is 79.9. The van der Waals surface area contributed by atoms with Gasteiger partial charge in [0.15, 0.2) is 11.5 Å². The highest BCUT2D eigenvalue weighted by molar-refractivity contribution is 9.10. The molecule has 0 saturated heterocycles. The average Bonchev–Trinajstić information content (AvgIpc) is 0.844. The number of carbonyl (C=O) groups excluding carboxylic acids is 6. The zero-order valence-corrected chi connectivity index (χ0v) is 65.2. The van der Waals surface area contributed by atoms with E-state index in [2.05, 4.69) is 60.0 Å². The molecule has 0 atom stereocenters. The fraction of sp³-hybridized carbons (Fsp3) is 0.283. The molecule has 592 valence electrons. The van der Waals surface area contributed by atoms with Gasteiger partial charge in [0.05, 0.1) is 69.5 Å². The van der Waals surface area contributed by atoms with Crippen LogP contribution >= 0.6 is 15.9 Å². The smallest absolute Gasteiger partial charge is 0.344 e. The van der Waals surface area contributed by atoms with Crippen molar-refractivity contribution in [1.82, 2.24) is 0 Å². The minimum absolute atomic E-state index is 0.158. The summed E-state index contributed by atoms with van der Waals surface area (Å²) in [5.41, 5.74) is 4.58. The number of hydrogen-bond donors (Lipinski definition) is 0. The van der Waals surface area contributed by atoms with Gasteiger partial charge in [0, 0.05) is 46.0 Å². The topological polar surface area (TPSA) is 232 Å². The van der Waals surface area contributed by atoms with Crippen molar-refractivity contribution in [3.8, 4) is 70.2 Å². The molecule has 0 N–H and O–H groups in total. The van der Waals surface area contributed by atoms with Crippen LogP contribution in [0.1, 0.15) is 151 Å². The lowest BCUT2D eigenvalue weighted by Gasteiger charge is -2.11. The van der Waals surface area contributed by atoms with Crippen molar-refractivity contribution in [3.63, 3.8) is 0 Å². The van der Waals surface area contributed by atoms with E-state index in [4.69, 9.17) is 73.3 Å². The lowest BCUT2D eigenvalue weighted by Crippen LogP contribution is -2.10. The third-order valence-electron chi connectivity index (χ3n) is 16.0. The molecule has 0 aliphatic rings. The van der Waals surface area contributed by atoms with Crippen LogP contribution in [0.25, 0.3) is 0 Å². The molecule has 0 saturated carbocycles. The van der Waals surface area contributed by atoms with Gasteiger partial charge in [-0.25, -0.2) is 28.8 Å². The van der Waals surface area contributed by atoms with Crippen LogP contribution in [0.5, 0.6) is 46.0 Å². The Hall–Kier alpha value is -12.1. The van der Waals surface area contributed by atoms with Crippen LogP contribution in [0.3, 0.4) is 0 Å². The van der Waals surface area contributed by atoms with Crippen LogP contribution in [0.15, 0.2) is 249 Å². The van der Waals surface area contributed by atoms with E-state index in [1.165, 1.54) is 12.2 Å². The number of halogens is 1. The molecule has 8 aromatic carbocycles. The molecule has 20 nitrogen and oxygen atoms in total. The number of hydrogen-bond acceptors (Lipinski definition) is 20. The van der Waals surface area contributed by atoms with Crippen molar-refractivity contribution in [3.05, 3.63) is 288 Å². The lowest BCUT2D eigenvalue weighted by molar-refractivity contribution is -0.217. The van der Waals surface area contributed by atoms with Crippen molar-refractivity contribution in [2.45, 2.75) is 116 Å². The fourth-order valence-electron chi connectivity index (χ4n) is 9.89. The maximum absolute atomic E-state index is 13.2. The molecule has 21 heteroatoms. The van der Waals surface area contributed by atoms with Crippen LogP contribution in [-0.4, -0.2) is 88.7 Å². The summed E-state index contributed by atoms with van der Waals surface area (Å²) >= 11 is 3.45. The van der Waals surface area contributed by atoms with E-state index in [1.807, 2.05) is 97.1 Å². The number of rotatable bonds is 48. The first-order valence-corrected chi connectivity index (χ1v) is 38.2. The largest absolute Gasteiger partial charge is 0.494 e. The van der Waals surface area contributed by atoms with Crippen LogP contribution < -0.4 is 38.2 Å². The molecule has 0 bridgehead atoms. The summed E-state index contributed by atoms with van der Waals surface area (Å²) in [5.74, 6) is 10.5. The van der Waals surface area contributed by atoms with Gasteiger partial charge in [-0.1, -0.05) is 98.7 Å². The van der Waals surface area contributed by atoms with Gasteiger partial charge in [0.2, 0.25) is 0 Å². The minimum atomic E-state index is -0.544. The van der Waals surface area contributed by atoms with E-state index in [9.17, 15) is 28.8 Å². The van der Waals surface area contributed by atoms with Gasteiger partial charge in [-0.2, -0.15) is 9.78 Å². The van der Waals surface area contributed by atoms with Crippen LogP contribution in [0.2, 0.25) is 0 Å². The predicted octanol–water partition coefficient (Wildman–Crippen LogP) is 19.3. The van der Waals surface area contributed by atoms with E-state index in [1.54, 1.807) is 97.1 Å². The molecule has 0 aliphatic carbocycles. The molecule has 0 unspecified atom stereocenters. The lowest BCUT2D eigenvalue weighted by atomic mass is 10.1. The van der Waals surface area contributed by atoms with Gasteiger partial charge in [0.1, 0.15) is 47.7 Å². The van der Waals surface area contributed by atoms with Gasteiger partial charge in [-0.3, -0.25) is 0 Å². The molecule has 8 aromatic rings. The van der Waals surface area contributed by atoms with Gasteiger partial charge in [-0.05, 0) is 263 Å². The highest BCUT2D eigenvalue weighted by Crippen LogP contribution is 2.28. The second-order valence-electron chi connectivity index (χ2n) is 24.7. The first-order valence-electron chi connectivity index (χ1n) is 37.4. The Morgan fingerprint density at radius 2 is 0.708 bits per heavy atom. The molecule has 0 amide bonds. The normalized spacial score (nSPS) is 10.2. The molecular weight excluding hydrogens is 1500 g/mol. The number of carbonyl (C=O) groups is 6. The fourth-order valence-corrected chi connectivity index (χ4v) is 10.5. The standard InChI is InChI=1S/C46H48O10.C38H43BrO10.C8H6/c1-3-44(47)52-32-14-7-5-12-30-50-40-24-19-37(20-25-40)35-54-56-42-28-29-43(39(34-42)21-18-36-16-10-9-11-17-36)55-46(49)38-22-26-41(27-23-38)51-31-13-6-8-15-33-53-45(48)4-2;1-3-36(40)45-25-11-7-5-9-23-43-30-14-18-32(19-15-30)48-38(42)34-22-13-29(27-35(34)39)28-47-49-33-20-16-31(17-21-33)44-24-10-6-8-12-26-46-37(41)4-2;1-2-8-6-4-3-5-7-8/h3-4,9-11,16-17,19-20,22-29,34H,1-2,5-8,12-15,30-33,35H2;3-4,13-22,27H,1-2,5-12,23-26,28H2;1,3-7H. The zero-order chi connectivity index (χ0) is 80.6. The molecule has 0 fully saturated rings. The third-order valence-corrected chi connectivity index (χ3v) is 16.6. The van der Waals surface area contributed by atoms with Crippen LogP contribution in [0.4, 0.5) is 0 Å². The molecule has 0 aromatic heterocycles. The summed E-state index contributed by atoms with van der Waals surface area (Å²) in [7, 11) is 0. The van der Waals surface area contributed by atoms with E-state index < -0.39 is 35.8 Å². The Labute approximate surface area is 670 Å². The number of esters is 6. The van der Waals surface area contributed by atoms with Crippen molar-refractivity contribution >= 4 is 51.7 Å². The first kappa shape index (κ1) is 89.8. The molecule has 8 rings (SSSR count). The molecule has 0 heterocycles. The Balaban J connectivity index is 0.000000322. The summed E-state index contributed by atoms with van der Waals surface area (Å²) in [6, 6.07) is 57.6. The second-order valence-corrected chi connectivity index (χ2v) is 25.6. The SMILES string of the molecule is C#Cc1ccccc1.C=CC(=O)OCCCCCCOc1ccc(COOc2ccc(OC(=O)c3ccc(OCCCCCCOC(=O)C=C)cc3)c(C#Cc3ccccc3)c2)cc1.C=CC(=O)OCCCCCCOc1ccc(OOCc2ccc(C(=O)Oc3ccc(OCCCCCCOC(=O)C=C)cc3)c(Br)c2)cc1. The molecule has 0 aliphatic heterocycles. The monoisotopic (exact) mass is 1600 g/mol. The van der Waals surface area contributed by atoms with Crippen molar-refractivity contribution in [2.24, 2.45) is 0 Å². The Morgan fingerprint density at radius 3 is 1.12 bits per heavy atom. The Bertz CT molecular complexity index is 4300. The summed E-state index contributed by atoms with van der Waals surface area (Å²) in [6.07, 6.45) is 24.1. The maximum Gasteiger partial charge on any atom is 0.344 e. The first-order chi connectivity index (χ1) is 55.2. The number of unbranched alkanes of at least 4 members (excludes halogenated alkanes) is 12. The van der Waals surface area contributed by atoms with E-state index in [0.717, 1.165) is 149 Å². The molecule has 113 heavy (non-hydrogen) atoms. The maximum atomic E-state index is 13.2. The molecule has 0 radical (unpaired) electrons. The van der Waals surface area contributed by atoms with E-state index in [0.29, 0.717) is 103 Å². The van der Waals surface area contributed by atoms with Gasteiger partial charge in [-0.15, -0.1) is 6.42 Å². The van der Waals surface area contributed by atoms with Crippen molar-refractivity contribution in [2.75, 3.05) is 52.9 Å². The summed E-state index contributed by atoms with van der Waals surface area (Å²) in [5, 5.41) is 0. The summed E-state index contributed by atoms with van der Waals surface area (Å²) in [6.45, 7) is 17.7. The second kappa shape index (κ2) is 55.3. The Morgan fingerprint density at radius 1 is 0.345 bits per heavy atom. The Kier molecular flexibility index (Phi) is 43.9. The van der Waals surface area contributed by atoms with E-state index in [-0.39, 0.29) is 19.0 Å². The molecular formula is C92H97BrO20. The highest BCUT2D eigenvalue weighted by Gasteiger charge is 2.17. The van der Waals surface area contributed by atoms with Gasteiger partial charge in [0.25, 0.3) is 0 Å². The summed E-state index contributed by atoms with van der Waals surface area (Å²) in [4.78, 5) is 92.1. The van der Waals surface area contributed by atoms with Crippen LogP contribution in [-0.2, 0) is 61.1 Å². The minimum Gasteiger partial charge on any atom is -0.494 e. The van der Waals surface area contributed by atoms with Crippen molar-refractivity contribution < 1.29 is 95.7 Å². The van der Waals surface area contributed by atoms with Gasteiger partial charge >= 0.3 is 35.8 Å². The molecule has 0 spiro atoms. The number of ether oxygens (including phenoxy) is 10. The predicted molar refractivity (Wildman–Crippen MR) is 434 cm³/mol. The number of benzene rings is 8. The van der Waals surface area contributed by atoms with E-state index >= 15 is 0 Å².